The van der Waals surface area contributed by atoms with Crippen molar-refractivity contribution in [2.75, 3.05) is 29.7 Å². The van der Waals surface area contributed by atoms with Gasteiger partial charge < -0.3 is 19.4 Å². The first-order valence-corrected chi connectivity index (χ1v) is 11.4. The average Bonchev–Trinajstić information content (AvgIpc) is 3.17. The van der Waals surface area contributed by atoms with E-state index in [4.69, 9.17) is 21.1 Å². The summed E-state index contributed by atoms with van der Waals surface area (Å²) < 4.78 is 12.4. The van der Waals surface area contributed by atoms with E-state index in [1.807, 2.05) is 38.2 Å². The lowest BCUT2D eigenvalue weighted by molar-refractivity contribution is -0.121. The Kier molecular flexibility index (Phi) is 6.75. The molecule has 0 saturated heterocycles. The molecule has 2 amide bonds. The predicted molar refractivity (Wildman–Crippen MR) is 126 cm³/mol. The van der Waals surface area contributed by atoms with Crippen LogP contribution in [0.5, 0.6) is 11.5 Å². The first-order valence-electron chi connectivity index (χ1n) is 10.1. The van der Waals surface area contributed by atoms with Gasteiger partial charge in [0.05, 0.1) is 29.6 Å². The van der Waals surface area contributed by atoms with Gasteiger partial charge in [-0.15, -0.1) is 10.2 Å². The Morgan fingerprint density at radius 2 is 2.09 bits per heavy atom. The summed E-state index contributed by atoms with van der Waals surface area (Å²) in [7, 11) is 3.34. The van der Waals surface area contributed by atoms with Gasteiger partial charge in [0.1, 0.15) is 11.5 Å². The van der Waals surface area contributed by atoms with Crippen molar-refractivity contribution >= 4 is 46.6 Å². The zero-order valence-corrected chi connectivity index (χ0v) is 19.8. The lowest BCUT2D eigenvalue weighted by atomic mass is 10.1. The fraction of sp³-hybridized carbons (Fsp3) is 0.273. The Balaban J connectivity index is 1.43. The monoisotopic (exact) mass is 487 g/mol. The third-order valence-electron chi connectivity index (χ3n) is 5.14. The van der Waals surface area contributed by atoms with Crippen molar-refractivity contribution in [2.24, 2.45) is 7.05 Å². The molecule has 1 N–H and O–H groups in total. The zero-order chi connectivity index (χ0) is 23.5. The summed E-state index contributed by atoms with van der Waals surface area (Å²) in [4.78, 5) is 26.7. The smallest absolute Gasteiger partial charge is 0.265 e. The molecule has 4 rings (SSSR count). The number of hydrogen-bond donors (Lipinski definition) is 1. The Labute approximate surface area is 200 Å². The highest BCUT2D eigenvalue weighted by molar-refractivity contribution is 7.99. The number of fused-ring (bicyclic) bond motifs is 1. The first-order chi connectivity index (χ1) is 15.9. The van der Waals surface area contributed by atoms with Crippen LogP contribution in [0.25, 0.3) is 0 Å². The number of para-hydroxylation sites is 2. The van der Waals surface area contributed by atoms with Crippen LogP contribution >= 0.6 is 23.4 Å². The minimum Gasteiger partial charge on any atom is -0.495 e. The summed E-state index contributed by atoms with van der Waals surface area (Å²) in [5, 5.41) is 12.3. The number of hydrogen-bond acceptors (Lipinski definition) is 7. The van der Waals surface area contributed by atoms with Gasteiger partial charge in [-0.1, -0.05) is 35.5 Å². The summed E-state index contributed by atoms with van der Waals surface area (Å²) in [5.41, 5.74) is 1.26. The molecule has 2 aromatic carbocycles. The van der Waals surface area contributed by atoms with Gasteiger partial charge in [0.2, 0.25) is 5.91 Å². The van der Waals surface area contributed by atoms with Gasteiger partial charge in [-0.2, -0.15) is 0 Å². The summed E-state index contributed by atoms with van der Waals surface area (Å²) in [6.07, 6.45) is 0. The minimum absolute atomic E-state index is 0.0314. The number of rotatable bonds is 7. The molecule has 33 heavy (non-hydrogen) atoms. The molecular formula is C22H22ClN5O4S. The molecule has 0 radical (unpaired) electrons. The number of amides is 2. The van der Waals surface area contributed by atoms with Crippen molar-refractivity contribution in [3.63, 3.8) is 0 Å². The third kappa shape index (κ3) is 4.76. The standard InChI is InChI=1S/C22H22ClN5O4S/c1-13(28-16-6-4-5-7-18(16)32-11-20(28)30)21-25-26-22(27(21)2)33-12-19(29)24-14-8-9-17(31-3)15(23)10-14/h4-10,13H,11-12H2,1-3H3,(H,24,29)/t13-/m1/s1. The number of aromatic nitrogens is 3. The fourth-order valence-electron chi connectivity index (χ4n) is 3.55. The average molecular weight is 488 g/mol. The minimum atomic E-state index is -0.371. The largest absolute Gasteiger partial charge is 0.495 e. The second-order valence-corrected chi connectivity index (χ2v) is 8.63. The molecule has 0 fully saturated rings. The Morgan fingerprint density at radius 3 is 2.85 bits per heavy atom. The molecule has 2 heterocycles. The highest BCUT2D eigenvalue weighted by Crippen LogP contribution is 2.37. The summed E-state index contributed by atoms with van der Waals surface area (Å²) in [5.74, 6) is 1.54. The highest BCUT2D eigenvalue weighted by atomic mass is 35.5. The molecule has 0 spiro atoms. The number of carbonyl (C=O) groups excluding carboxylic acids is 2. The number of anilines is 2. The van der Waals surface area contributed by atoms with Gasteiger partial charge in [-0.05, 0) is 37.3 Å². The zero-order valence-electron chi connectivity index (χ0n) is 18.2. The first kappa shape index (κ1) is 22.9. The van der Waals surface area contributed by atoms with Gasteiger partial charge in [0.25, 0.3) is 5.91 Å². The molecule has 1 aliphatic heterocycles. The molecule has 3 aromatic rings. The molecule has 172 valence electrons. The van der Waals surface area contributed by atoms with Gasteiger partial charge >= 0.3 is 0 Å². The van der Waals surface area contributed by atoms with Crippen LogP contribution in [0.15, 0.2) is 47.6 Å². The highest BCUT2D eigenvalue weighted by Gasteiger charge is 2.32. The van der Waals surface area contributed by atoms with Crippen molar-refractivity contribution < 1.29 is 19.1 Å². The number of nitrogens with one attached hydrogen (secondary N) is 1. The SMILES string of the molecule is COc1ccc(NC(=O)CSc2nnc([C@@H](C)N3C(=O)COc4ccccc43)n2C)cc1Cl. The van der Waals surface area contributed by atoms with Crippen molar-refractivity contribution in [2.45, 2.75) is 18.1 Å². The summed E-state index contributed by atoms with van der Waals surface area (Å²) >= 11 is 7.36. The predicted octanol–water partition coefficient (Wildman–Crippen LogP) is 3.69. The molecule has 0 aliphatic carbocycles. The van der Waals surface area contributed by atoms with E-state index < -0.39 is 0 Å². The van der Waals surface area contributed by atoms with Crippen LogP contribution < -0.4 is 19.7 Å². The molecular weight excluding hydrogens is 466 g/mol. The van der Waals surface area contributed by atoms with E-state index in [9.17, 15) is 9.59 Å². The summed E-state index contributed by atoms with van der Waals surface area (Å²) in [6.45, 7) is 1.86. The number of methoxy groups -OCH3 is 1. The molecule has 1 aromatic heterocycles. The molecule has 0 saturated carbocycles. The fourth-order valence-corrected chi connectivity index (χ4v) is 4.52. The number of ether oxygens (including phenoxy) is 2. The second-order valence-electron chi connectivity index (χ2n) is 7.28. The lowest BCUT2D eigenvalue weighted by Crippen LogP contribution is -2.41. The molecule has 0 unspecified atom stereocenters. The number of nitrogens with zero attached hydrogens (tertiary/aromatic N) is 4. The molecule has 1 atom stereocenters. The normalized spacial score (nSPS) is 13.8. The van der Waals surface area contributed by atoms with E-state index in [0.29, 0.717) is 38.9 Å². The number of halogens is 1. The second kappa shape index (κ2) is 9.72. The molecule has 0 bridgehead atoms. The summed E-state index contributed by atoms with van der Waals surface area (Å²) in [6, 6.07) is 12.0. The third-order valence-corrected chi connectivity index (χ3v) is 6.46. The topological polar surface area (TPSA) is 98.6 Å². The van der Waals surface area contributed by atoms with E-state index in [0.717, 1.165) is 0 Å². The molecule has 9 nitrogen and oxygen atoms in total. The number of thioether (sulfide) groups is 1. The van der Waals surface area contributed by atoms with E-state index in [1.165, 1.54) is 18.9 Å². The van der Waals surface area contributed by atoms with Crippen LogP contribution in [0.3, 0.4) is 0 Å². The Morgan fingerprint density at radius 1 is 1.30 bits per heavy atom. The van der Waals surface area contributed by atoms with Crippen molar-refractivity contribution in [1.29, 1.82) is 0 Å². The van der Waals surface area contributed by atoms with Crippen molar-refractivity contribution in [3.8, 4) is 11.5 Å². The Hall–Kier alpha value is -3.24. The van der Waals surface area contributed by atoms with Gasteiger partial charge in [0.15, 0.2) is 17.6 Å². The van der Waals surface area contributed by atoms with Crippen LogP contribution in [0.4, 0.5) is 11.4 Å². The van der Waals surface area contributed by atoms with Crippen LogP contribution in [0, 0.1) is 0 Å². The van der Waals surface area contributed by atoms with E-state index in [2.05, 4.69) is 15.5 Å². The number of carbonyl (C=O) groups is 2. The van der Waals surface area contributed by atoms with Crippen molar-refractivity contribution in [3.05, 3.63) is 53.3 Å². The van der Waals surface area contributed by atoms with Gasteiger partial charge in [0, 0.05) is 12.7 Å². The van der Waals surface area contributed by atoms with Crippen LogP contribution in [0.2, 0.25) is 5.02 Å². The molecule has 1 aliphatic rings. The van der Waals surface area contributed by atoms with Crippen molar-refractivity contribution in [1.82, 2.24) is 14.8 Å². The maximum Gasteiger partial charge on any atom is 0.265 e. The lowest BCUT2D eigenvalue weighted by Gasteiger charge is -2.33. The van der Waals surface area contributed by atoms with E-state index >= 15 is 0 Å². The number of benzene rings is 2. The quantitative estimate of drug-likeness (QED) is 0.507. The van der Waals surface area contributed by atoms with Crippen LogP contribution in [-0.4, -0.2) is 46.0 Å². The maximum atomic E-state index is 12.6. The molecule has 11 heteroatoms. The maximum absolute atomic E-state index is 12.6. The van der Waals surface area contributed by atoms with E-state index in [-0.39, 0.29) is 30.2 Å². The Bertz CT molecular complexity index is 1200. The van der Waals surface area contributed by atoms with Crippen LogP contribution in [0.1, 0.15) is 18.8 Å². The van der Waals surface area contributed by atoms with Gasteiger partial charge in [-0.25, -0.2) is 0 Å². The van der Waals surface area contributed by atoms with Crippen LogP contribution in [-0.2, 0) is 16.6 Å². The van der Waals surface area contributed by atoms with Gasteiger partial charge in [-0.3, -0.25) is 14.5 Å². The van der Waals surface area contributed by atoms with E-state index in [1.54, 1.807) is 27.7 Å².